The van der Waals surface area contributed by atoms with Crippen LogP contribution in [0.1, 0.15) is 34.1 Å². The van der Waals surface area contributed by atoms with Crippen LogP contribution in [-0.2, 0) is 11.8 Å². The van der Waals surface area contributed by atoms with E-state index in [0.717, 1.165) is 11.3 Å². The van der Waals surface area contributed by atoms with Crippen LogP contribution < -0.4 is 0 Å². The summed E-state index contributed by atoms with van der Waals surface area (Å²) in [5.74, 6) is -0.378. The van der Waals surface area contributed by atoms with Crippen molar-refractivity contribution in [3.63, 3.8) is 0 Å². The number of hydrogen-bond acceptors (Lipinski definition) is 3. The molecule has 4 nitrogen and oxygen atoms in total. The zero-order valence-electron chi connectivity index (χ0n) is 12.7. The number of aryl methyl sites for hydroxylation is 4. The van der Waals surface area contributed by atoms with Gasteiger partial charge in [0, 0.05) is 12.6 Å². The number of ether oxygens (including phenoxy) is 1. The quantitative estimate of drug-likeness (QED) is 0.806. The van der Waals surface area contributed by atoms with Crippen molar-refractivity contribution in [1.29, 1.82) is 0 Å². The largest absolute Gasteiger partial charge is 0.461 e. The second-order valence-electron chi connectivity index (χ2n) is 5.03. The summed E-state index contributed by atoms with van der Waals surface area (Å²) >= 11 is 0. The molecule has 0 bridgehead atoms. The summed E-state index contributed by atoms with van der Waals surface area (Å²) < 4.78 is 6.73. The summed E-state index contributed by atoms with van der Waals surface area (Å²) in [7, 11) is 1.84. The first-order valence-electron chi connectivity index (χ1n) is 6.73. The Kier molecular flexibility index (Phi) is 3.93. The number of carbonyl (C=O) groups is 1. The summed E-state index contributed by atoms with van der Waals surface area (Å²) in [4.78, 5) is 11.8. The summed E-state index contributed by atoms with van der Waals surface area (Å²) in [6.45, 7) is 8.37. The van der Waals surface area contributed by atoms with E-state index in [9.17, 15) is 4.79 Å². The molecular weight excluding hydrogens is 252 g/mol. The molecule has 0 amide bonds. The van der Waals surface area contributed by atoms with Gasteiger partial charge in [-0.25, -0.2) is 4.79 Å². The SMILES string of the molecule is CCOC(=O)c1cc(-c2c(C)cc(C)cc2C)n(C)n1. The van der Waals surface area contributed by atoms with Gasteiger partial charge in [-0.05, 0) is 44.9 Å². The number of aromatic nitrogens is 2. The van der Waals surface area contributed by atoms with Crippen LogP contribution in [0, 0.1) is 20.8 Å². The summed E-state index contributed by atoms with van der Waals surface area (Å²) in [6, 6.07) is 6.07. The third-order valence-corrected chi connectivity index (χ3v) is 3.30. The van der Waals surface area contributed by atoms with Crippen molar-refractivity contribution in [1.82, 2.24) is 9.78 Å². The predicted octanol–water partition coefficient (Wildman–Crippen LogP) is 3.19. The van der Waals surface area contributed by atoms with Crippen LogP contribution >= 0.6 is 0 Å². The molecule has 4 heteroatoms. The Bertz CT molecular complexity index is 633. The standard InChI is InChI=1S/C16H20N2O2/c1-6-20-16(19)13-9-14(18(5)17-13)15-11(3)7-10(2)8-12(15)4/h7-9H,6H2,1-5H3. The smallest absolute Gasteiger partial charge is 0.358 e. The van der Waals surface area contributed by atoms with Crippen LogP contribution in [0.4, 0.5) is 0 Å². The maximum absolute atomic E-state index is 11.8. The Balaban J connectivity index is 2.52. The van der Waals surface area contributed by atoms with Gasteiger partial charge in [0.05, 0.1) is 12.3 Å². The van der Waals surface area contributed by atoms with Gasteiger partial charge in [-0.3, -0.25) is 4.68 Å². The highest BCUT2D eigenvalue weighted by atomic mass is 16.5. The van der Waals surface area contributed by atoms with Crippen molar-refractivity contribution < 1.29 is 9.53 Å². The molecule has 2 rings (SSSR count). The van der Waals surface area contributed by atoms with Crippen LogP contribution in [-0.4, -0.2) is 22.4 Å². The predicted molar refractivity (Wildman–Crippen MR) is 78.8 cm³/mol. The molecule has 0 N–H and O–H groups in total. The second-order valence-corrected chi connectivity index (χ2v) is 5.03. The van der Waals surface area contributed by atoms with E-state index in [-0.39, 0.29) is 5.97 Å². The lowest BCUT2D eigenvalue weighted by Crippen LogP contribution is -2.06. The van der Waals surface area contributed by atoms with Gasteiger partial charge in [-0.2, -0.15) is 5.10 Å². The van der Waals surface area contributed by atoms with Crippen LogP contribution in [0.5, 0.6) is 0 Å². The van der Waals surface area contributed by atoms with E-state index in [1.165, 1.54) is 16.7 Å². The van der Waals surface area contributed by atoms with Gasteiger partial charge < -0.3 is 4.74 Å². The second kappa shape index (κ2) is 5.49. The molecule has 2 aromatic rings. The Morgan fingerprint density at radius 3 is 2.35 bits per heavy atom. The number of hydrogen-bond donors (Lipinski definition) is 0. The van der Waals surface area contributed by atoms with E-state index in [1.54, 1.807) is 17.7 Å². The number of carbonyl (C=O) groups excluding carboxylic acids is 1. The first kappa shape index (κ1) is 14.3. The fourth-order valence-corrected chi connectivity index (χ4v) is 2.59. The van der Waals surface area contributed by atoms with Gasteiger partial charge in [0.2, 0.25) is 0 Å². The van der Waals surface area contributed by atoms with Crippen molar-refractivity contribution in [3.8, 4) is 11.3 Å². The lowest BCUT2D eigenvalue weighted by molar-refractivity contribution is 0.0518. The van der Waals surface area contributed by atoms with Crippen LogP contribution in [0.15, 0.2) is 18.2 Å². The first-order valence-corrected chi connectivity index (χ1v) is 6.73. The molecular formula is C16H20N2O2. The Morgan fingerprint density at radius 2 is 1.80 bits per heavy atom. The minimum Gasteiger partial charge on any atom is -0.461 e. The molecule has 0 spiro atoms. The molecule has 0 atom stereocenters. The summed E-state index contributed by atoms with van der Waals surface area (Å²) in [5.41, 5.74) is 6.01. The zero-order valence-corrected chi connectivity index (χ0v) is 12.7. The van der Waals surface area contributed by atoms with Crippen molar-refractivity contribution in [3.05, 3.63) is 40.6 Å². The normalized spacial score (nSPS) is 10.7. The molecule has 0 saturated heterocycles. The molecule has 0 aliphatic carbocycles. The van der Waals surface area contributed by atoms with E-state index in [4.69, 9.17) is 4.74 Å². The van der Waals surface area contributed by atoms with Gasteiger partial charge in [0.25, 0.3) is 0 Å². The van der Waals surface area contributed by atoms with E-state index in [1.807, 2.05) is 7.05 Å². The van der Waals surface area contributed by atoms with Crippen LogP contribution in [0.2, 0.25) is 0 Å². The fraction of sp³-hybridized carbons (Fsp3) is 0.375. The molecule has 0 fully saturated rings. The lowest BCUT2D eigenvalue weighted by Gasteiger charge is -2.11. The number of esters is 1. The molecule has 0 aliphatic heterocycles. The molecule has 1 heterocycles. The minimum atomic E-state index is -0.378. The van der Waals surface area contributed by atoms with Crippen molar-refractivity contribution in [2.45, 2.75) is 27.7 Å². The summed E-state index contributed by atoms with van der Waals surface area (Å²) in [6.07, 6.45) is 0. The molecule has 0 radical (unpaired) electrons. The Hall–Kier alpha value is -2.10. The van der Waals surface area contributed by atoms with E-state index >= 15 is 0 Å². The molecule has 0 unspecified atom stereocenters. The maximum atomic E-state index is 11.8. The van der Waals surface area contributed by atoms with Crippen LogP contribution in [0.25, 0.3) is 11.3 Å². The van der Waals surface area contributed by atoms with Crippen molar-refractivity contribution >= 4 is 5.97 Å². The van der Waals surface area contributed by atoms with Crippen molar-refractivity contribution in [2.24, 2.45) is 7.05 Å². The maximum Gasteiger partial charge on any atom is 0.358 e. The lowest BCUT2D eigenvalue weighted by atomic mass is 9.97. The van der Waals surface area contributed by atoms with E-state index < -0.39 is 0 Å². The van der Waals surface area contributed by atoms with E-state index in [2.05, 4.69) is 38.0 Å². The van der Waals surface area contributed by atoms with Gasteiger partial charge in [-0.1, -0.05) is 17.7 Å². The average molecular weight is 272 g/mol. The topological polar surface area (TPSA) is 44.1 Å². The van der Waals surface area contributed by atoms with E-state index in [0.29, 0.717) is 12.3 Å². The highest BCUT2D eigenvalue weighted by molar-refractivity contribution is 5.89. The number of nitrogens with zero attached hydrogens (tertiary/aromatic N) is 2. The van der Waals surface area contributed by atoms with Gasteiger partial charge in [0.1, 0.15) is 0 Å². The van der Waals surface area contributed by atoms with Gasteiger partial charge >= 0.3 is 5.97 Å². The molecule has 0 saturated carbocycles. The monoisotopic (exact) mass is 272 g/mol. The fourth-order valence-electron chi connectivity index (χ4n) is 2.59. The number of benzene rings is 1. The van der Waals surface area contributed by atoms with Gasteiger partial charge in [-0.15, -0.1) is 0 Å². The number of rotatable bonds is 3. The van der Waals surface area contributed by atoms with Crippen LogP contribution in [0.3, 0.4) is 0 Å². The molecule has 106 valence electrons. The molecule has 1 aromatic carbocycles. The highest BCUT2D eigenvalue weighted by Crippen LogP contribution is 2.28. The highest BCUT2D eigenvalue weighted by Gasteiger charge is 2.17. The zero-order chi connectivity index (χ0) is 14.9. The first-order chi connectivity index (χ1) is 9.43. The third-order valence-electron chi connectivity index (χ3n) is 3.30. The average Bonchev–Trinajstić information content (AvgIpc) is 2.71. The van der Waals surface area contributed by atoms with Crippen molar-refractivity contribution in [2.75, 3.05) is 6.61 Å². The molecule has 1 aromatic heterocycles. The van der Waals surface area contributed by atoms with Gasteiger partial charge in [0.15, 0.2) is 5.69 Å². The Labute approximate surface area is 119 Å². The Morgan fingerprint density at radius 1 is 1.20 bits per heavy atom. The summed E-state index contributed by atoms with van der Waals surface area (Å²) in [5, 5.41) is 4.25. The third kappa shape index (κ3) is 2.59. The molecule has 20 heavy (non-hydrogen) atoms. The molecule has 0 aliphatic rings. The minimum absolute atomic E-state index is 0.351.